The van der Waals surface area contributed by atoms with E-state index in [-0.39, 0.29) is 0 Å². The van der Waals surface area contributed by atoms with Gasteiger partial charge in [0.2, 0.25) is 0 Å². The molecule has 22 heavy (non-hydrogen) atoms. The zero-order valence-electron chi connectivity index (χ0n) is 11.8. The molecule has 2 aromatic carbocycles. The fraction of sp³-hybridized carbons (Fsp3) is 0.0588. The molecule has 0 aliphatic heterocycles. The van der Waals surface area contributed by atoms with Crippen molar-refractivity contribution in [3.05, 3.63) is 64.2 Å². The summed E-state index contributed by atoms with van der Waals surface area (Å²) < 4.78 is 6.18. The van der Waals surface area contributed by atoms with E-state index in [1.165, 1.54) is 0 Å². The van der Waals surface area contributed by atoms with Crippen molar-refractivity contribution in [2.45, 2.75) is 0 Å². The Morgan fingerprint density at radius 2 is 1.55 bits per heavy atom. The average Bonchev–Trinajstić information content (AvgIpc) is 2.55. The number of aromatic nitrogens is 2. The summed E-state index contributed by atoms with van der Waals surface area (Å²) in [6.07, 6.45) is 0. The lowest BCUT2D eigenvalue weighted by molar-refractivity contribution is 0.415. The summed E-state index contributed by atoms with van der Waals surface area (Å²) in [5.74, 6) is 1.38. The minimum atomic E-state index is 0.415. The summed E-state index contributed by atoms with van der Waals surface area (Å²) in [5, 5.41) is 0.415. The molecule has 0 amide bonds. The molecule has 1 aromatic heterocycles. The van der Waals surface area contributed by atoms with Crippen LogP contribution in [0.3, 0.4) is 0 Å². The topological polar surface area (TPSA) is 35.0 Å². The van der Waals surface area contributed by atoms with Crippen molar-refractivity contribution in [1.82, 2.24) is 9.97 Å². The van der Waals surface area contributed by atoms with Crippen molar-refractivity contribution in [1.29, 1.82) is 0 Å². The van der Waals surface area contributed by atoms with Gasteiger partial charge in [-0.2, -0.15) is 0 Å². The van der Waals surface area contributed by atoms with E-state index >= 15 is 0 Å². The van der Waals surface area contributed by atoms with Crippen molar-refractivity contribution < 1.29 is 4.74 Å². The second-order valence-electron chi connectivity index (χ2n) is 4.63. The van der Waals surface area contributed by atoms with Gasteiger partial charge in [0.1, 0.15) is 10.9 Å². The molecular weight excluding hydrogens is 364 g/mol. The molecule has 110 valence electrons. The highest BCUT2D eigenvalue weighted by molar-refractivity contribution is 9.10. The summed E-state index contributed by atoms with van der Waals surface area (Å²) in [5.41, 5.74) is 2.67. The molecule has 3 rings (SSSR count). The highest BCUT2D eigenvalue weighted by Crippen LogP contribution is 2.26. The Bertz CT molecular complexity index is 789. The van der Waals surface area contributed by atoms with Crippen molar-refractivity contribution in [2.75, 3.05) is 7.11 Å². The quantitative estimate of drug-likeness (QED) is 0.588. The number of nitrogens with zero attached hydrogens (tertiary/aromatic N) is 2. The van der Waals surface area contributed by atoms with Crippen LogP contribution in [0.5, 0.6) is 5.75 Å². The third kappa shape index (κ3) is 3.29. The Morgan fingerprint density at radius 3 is 2.18 bits per heavy atom. The summed E-state index contributed by atoms with van der Waals surface area (Å²) >= 11 is 9.58. The molecule has 3 aromatic rings. The monoisotopic (exact) mass is 374 g/mol. The smallest absolute Gasteiger partial charge is 0.161 e. The number of benzene rings is 2. The normalized spacial score (nSPS) is 10.5. The van der Waals surface area contributed by atoms with Crippen molar-refractivity contribution in [2.24, 2.45) is 0 Å². The van der Waals surface area contributed by atoms with Gasteiger partial charge in [-0.05, 0) is 36.4 Å². The lowest BCUT2D eigenvalue weighted by Gasteiger charge is -2.07. The molecule has 0 radical (unpaired) electrons. The van der Waals surface area contributed by atoms with Gasteiger partial charge >= 0.3 is 0 Å². The molecule has 0 spiro atoms. The van der Waals surface area contributed by atoms with Crippen LogP contribution >= 0.6 is 27.5 Å². The minimum Gasteiger partial charge on any atom is -0.497 e. The first-order valence-corrected chi connectivity index (χ1v) is 7.78. The Morgan fingerprint density at radius 1 is 0.909 bits per heavy atom. The molecule has 0 unspecified atom stereocenters. The number of halogens is 2. The van der Waals surface area contributed by atoms with E-state index in [4.69, 9.17) is 16.3 Å². The lowest BCUT2D eigenvalue weighted by Crippen LogP contribution is -1.93. The first-order valence-electron chi connectivity index (χ1n) is 6.60. The van der Waals surface area contributed by atoms with Crippen LogP contribution in [0.4, 0.5) is 0 Å². The summed E-state index contributed by atoms with van der Waals surface area (Å²) in [6.45, 7) is 0. The zero-order chi connectivity index (χ0) is 15.5. The Labute approximate surface area is 142 Å². The van der Waals surface area contributed by atoms with Gasteiger partial charge in [-0.25, -0.2) is 9.97 Å². The van der Waals surface area contributed by atoms with E-state index in [2.05, 4.69) is 25.9 Å². The van der Waals surface area contributed by atoms with E-state index in [1.807, 2.05) is 48.5 Å². The molecule has 0 bridgehead atoms. The third-order valence-corrected chi connectivity index (χ3v) is 3.91. The SMILES string of the molecule is COc1ccc(-c2nc(Cl)cc(-c3ccc(Br)cc3)n2)cc1. The molecule has 0 atom stereocenters. The number of hydrogen-bond donors (Lipinski definition) is 0. The number of ether oxygens (including phenoxy) is 1. The molecule has 0 N–H and O–H groups in total. The molecule has 0 fully saturated rings. The van der Waals surface area contributed by atoms with Crippen LogP contribution in [0.15, 0.2) is 59.1 Å². The second-order valence-corrected chi connectivity index (χ2v) is 5.94. The van der Waals surface area contributed by atoms with Crippen molar-refractivity contribution in [3.8, 4) is 28.4 Å². The molecular formula is C17H12BrClN2O. The number of rotatable bonds is 3. The van der Waals surface area contributed by atoms with Gasteiger partial charge in [-0.15, -0.1) is 0 Å². The minimum absolute atomic E-state index is 0.415. The maximum absolute atomic E-state index is 6.15. The van der Waals surface area contributed by atoms with Crippen LogP contribution in [-0.4, -0.2) is 17.1 Å². The van der Waals surface area contributed by atoms with Crippen molar-refractivity contribution in [3.63, 3.8) is 0 Å². The predicted octanol–water partition coefficient (Wildman–Crippen LogP) is 5.24. The zero-order valence-corrected chi connectivity index (χ0v) is 14.1. The maximum atomic E-state index is 6.15. The third-order valence-electron chi connectivity index (χ3n) is 3.18. The first kappa shape index (κ1) is 15.0. The highest BCUT2D eigenvalue weighted by Gasteiger charge is 2.08. The molecule has 0 aliphatic carbocycles. The molecule has 1 heterocycles. The average molecular weight is 376 g/mol. The van der Waals surface area contributed by atoms with Crippen LogP contribution < -0.4 is 4.74 Å². The fourth-order valence-electron chi connectivity index (χ4n) is 2.06. The summed E-state index contributed by atoms with van der Waals surface area (Å²) in [7, 11) is 1.64. The van der Waals surface area contributed by atoms with Crippen LogP contribution in [0, 0.1) is 0 Å². The van der Waals surface area contributed by atoms with E-state index in [0.29, 0.717) is 11.0 Å². The Kier molecular flexibility index (Phi) is 4.41. The fourth-order valence-corrected chi connectivity index (χ4v) is 2.50. The van der Waals surface area contributed by atoms with Gasteiger partial charge < -0.3 is 4.74 Å². The molecule has 0 aliphatic rings. The van der Waals surface area contributed by atoms with Gasteiger partial charge in [0.05, 0.1) is 12.8 Å². The van der Waals surface area contributed by atoms with Gasteiger partial charge in [0.25, 0.3) is 0 Å². The summed E-state index contributed by atoms with van der Waals surface area (Å²) in [4.78, 5) is 8.91. The van der Waals surface area contributed by atoms with Gasteiger partial charge in [0, 0.05) is 21.7 Å². The van der Waals surface area contributed by atoms with Gasteiger partial charge in [-0.3, -0.25) is 0 Å². The molecule has 0 saturated carbocycles. The Hall–Kier alpha value is -1.91. The van der Waals surface area contributed by atoms with Crippen LogP contribution in [0.25, 0.3) is 22.6 Å². The van der Waals surface area contributed by atoms with E-state index in [0.717, 1.165) is 27.0 Å². The largest absolute Gasteiger partial charge is 0.497 e. The molecule has 5 heteroatoms. The van der Waals surface area contributed by atoms with Crippen LogP contribution in [-0.2, 0) is 0 Å². The highest BCUT2D eigenvalue weighted by atomic mass is 79.9. The maximum Gasteiger partial charge on any atom is 0.161 e. The molecule has 0 saturated heterocycles. The second kappa shape index (κ2) is 6.46. The lowest BCUT2D eigenvalue weighted by atomic mass is 10.1. The van der Waals surface area contributed by atoms with Crippen LogP contribution in [0.1, 0.15) is 0 Å². The summed E-state index contributed by atoms with van der Waals surface area (Å²) in [6, 6.07) is 17.2. The van der Waals surface area contributed by atoms with E-state index in [1.54, 1.807) is 13.2 Å². The van der Waals surface area contributed by atoms with Gasteiger partial charge in [0.15, 0.2) is 5.82 Å². The van der Waals surface area contributed by atoms with Gasteiger partial charge in [-0.1, -0.05) is 39.7 Å². The first-order chi connectivity index (χ1) is 10.7. The molecule has 3 nitrogen and oxygen atoms in total. The standard InChI is InChI=1S/C17H12BrClN2O/c1-22-14-8-4-12(5-9-14)17-20-15(10-16(19)21-17)11-2-6-13(18)7-3-11/h2-10H,1H3. The van der Waals surface area contributed by atoms with Crippen molar-refractivity contribution >= 4 is 27.5 Å². The van der Waals surface area contributed by atoms with E-state index in [9.17, 15) is 0 Å². The van der Waals surface area contributed by atoms with E-state index < -0.39 is 0 Å². The number of hydrogen-bond acceptors (Lipinski definition) is 3. The number of methoxy groups -OCH3 is 1. The van der Waals surface area contributed by atoms with Crippen LogP contribution in [0.2, 0.25) is 5.15 Å². The predicted molar refractivity (Wildman–Crippen MR) is 92.2 cm³/mol. The Balaban J connectivity index is 2.03.